The lowest BCUT2D eigenvalue weighted by atomic mass is 10.0. The molecular formula is C22H26N2O2. The molecule has 2 aliphatic rings. The third-order valence-electron chi connectivity index (χ3n) is 5.44. The van der Waals surface area contributed by atoms with Crippen molar-refractivity contribution < 1.29 is 9.53 Å². The lowest BCUT2D eigenvalue weighted by Gasteiger charge is -2.24. The summed E-state index contributed by atoms with van der Waals surface area (Å²) in [6, 6.07) is 19.4. The minimum atomic E-state index is 0.0915. The van der Waals surface area contributed by atoms with Crippen LogP contribution in [0.3, 0.4) is 0 Å². The topological polar surface area (TPSA) is 41.6 Å². The largest absolute Gasteiger partial charge is 0.483 e. The van der Waals surface area contributed by atoms with E-state index in [1.54, 1.807) is 0 Å². The van der Waals surface area contributed by atoms with Crippen LogP contribution in [-0.2, 0) is 11.2 Å². The van der Waals surface area contributed by atoms with Gasteiger partial charge in [0.15, 0.2) is 6.61 Å². The molecule has 0 radical (unpaired) electrons. The van der Waals surface area contributed by atoms with Crippen LogP contribution in [0.1, 0.15) is 30.4 Å². The van der Waals surface area contributed by atoms with Crippen molar-refractivity contribution in [2.75, 3.05) is 19.7 Å². The van der Waals surface area contributed by atoms with Gasteiger partial charge in [0.2, 0.25) is 0 Å². The van der Waals surface area contributed by atoms with E-state index in [1.165, 1.54) is 18.4 Å². The molecule has 2 aliphatic heterocycles. The van der Waals surface area contributed by atoms with Gasteiger partial charge in [0, 0.05) is 31.6 Å². The number of likely N-dealkylation sites (tertiary alicyclic amines) is 1. The third-order valence-corrected chi connectivity index (χ3v) is 5.44. The van der Waals surface area contributed by atoms with Crippen molar-refractivity contribution in [1.82, 2.24) is 10.2 Å². The fourth-order valence-electron chi connectivity index (χ4n) is 4.01. The van der Waals surface area contributed by atoms with Crippen molar-refractivity contribution in [3.8, 4) is 5.75 Å². The molecule has 4 rings (SSSR count). The van der Waals surface area contributed by atoms with E-state index in [0.29, 0.717) is 12.1 Å². The van der Waals surface area contributed by atoms with Gasteiger partial charge in [0.25, 0.3) is 5.91 Å². The highest BCUT2D eigenvalue weighted by Crippen LogP contribution is 2.23. The van der Waals surface area contributed by atoms with Gasteiger partial charge in [-0.15, -0.1) is 0 Å². The minimum absolute atomic E-state index is 0.0915. The quantitative estimate of drug-likeness (QED) is 0.901. The molecule has 4 heteroatoms. The van der Waals surface area contributed by atoms with E-state index in [1.807, 2.05) is 41.3 Å². The van der Waals surface area contributed by atoms with E-state index in [9.17, 15) is 4.79 Å². The number of fused-ring (bicyclic) bond motifs is 2. The molecule has 1 N–H and O–H groups in total. The number of nitrogens with zero attached hydrogens (tertiary/aromatic N) is 1. The van der Waals surface area contributed by atoms with Crippen molar-refractivity contribution in [2.24, 2.45) is 0 Å². The van der Waals surface area contributed by atoms with Gasteiger partial charge < -0.3 is 15.0 Å². The molecule has 1 amide bonds. The first kappa shape index (κ1) is 17.1. The number of benzene rings is 2. The van der Waals surface area contributed by atoms with Gasteiger partial charge in [-0.1, -0.05) is 48.5 Å². The summed E-state index contributed by atoms with van der Waals surface area (Å²) in [6.07, 6.45) is 4.28. The monoisotopic (exact) mass is 350 g/mol. The molecule has 0 aliphatic carbocycles. The molecule has 2 heterocycles. The van der Waals surface area contributed by atoms with E-state index in [0.717, 1.165) is 37.2 Å². The number of ether oxygens (including phenoxy) is 1. The summed E-state index contributed by atoms with van der Waals surface area (Å²) < 4.78 is 5.93. The summed E-state index contributed by atoms with van der Waals surface area (Å²) in [5.74, 6) is 0.896. The molecule has 2 unspecified atom stereocenters. The molecule has 0 spiro atoms. The van der Waals surface area contributed by atoms with Crippen molar-refractivity contribution in [1.29, 1.82) is 0 Å². The number of nitrogens with one attached hydrogen (secondary N) is 1. The predicted molar refractivity (Wildman–Crippen MR) is 102 cm³/mol. The van der Waals surface area contributed by atoms with Crippen LogP contribution in [0.5, 0.6) is 5.75 Å². The normalized spacial score (nSPS) is 22.1. The van der Waals surface area contributed by atoms with Gasteiger partial charge in [-0.3, -0.25) is 4.79 Å². The number of rotatable bonds is 5. The first-order chi connectivity index (χ1) is 12.8. The molecule has 2 saturated heterocycles. The Kier molecular flexibility index (Phi) is 5.21. The Bertz CT molecular complexity index is 747. The summed E-state index contributed by atoms with van der Waals surface area (Å²) in [5, 5.41) is 3.61. The SMILES string of the molecule is O=C(COc1ccccc1Cc1ccccc1)N1CCC2CCC(C1)N2. The number of hydrogen-bond acceptors (Lipinski definition) is 3. The van der Waals surface area contributed by atoms with E-state index < -0.39 is 0 Å². The summed E-state index contributed by atoms with van der Waals surface area (Å²) in [7, 11) is 0. The van der Waals surface area contributed by atoms with Gasteiger partial charge in [0.1, 0.15) is 5.75 Å². The third kappa shape index (κ3) is 4.07. The van der Waals surface area contributed by atoms with Crippen LogP contribution in [0.15, 0.2) is 54.6 Å². The van der Waals surface area contributed by atoms with Gasteiger partial charge in [-0.05, 0) is 36.5 Å². The zero-order valence-corrected chi connectivity index (χ0v) is 15.1. The average Bonchev–Trinajstić information content (AvgIpc) is 3.00. The van der Waals surface area contributed by atoms with Gasteiger partial charge in [-0.2, -0.15) is 0 Å². The Balaban J connectivity index is 1.37. The molecule has 0 aromatic heterocycles. The number of carbonyl (C=O) groups is 1. The van der Waals surface area contributed by atoms with Gasteiger partial charge in [0.05, 0.1) is 0 Å². The van der Waals surface area contributed by atoms with E-state index in [-0.39, 0.29) is 12.5 Å². The van der Waals surface area contributed by atoms with Crippen LogP contribution < -0.4 is 10.1 Å². The highest BCUT2D eigenvalue weighted by molar-refractivity contribution is 5.78. The highest BCUT2D eigenvalue weighted by Gasteiger charge is 2.31. The Hall–Kier alpha value is -2.33. The second-order valence-electron chi connectivity index (χ2n) is 7.33. The van der Waals surface area contributed by atoms with Gasteiger partial charge in [-0.25, -0.2) is 0 Å². The Labute approximate surface area is 155 Å². The Morgan fingerprint density at radius 1 is 1.00 bits per heavy atom. The van der Waals surface area contributed by atoms with Gasteiger partial charge >= 0.3 is 0 Å². The molecule has 2 aromatic rings. The second kappa shape index (κ2) is 7.92. The summed E-state index contributed by atoms with van der Waals surface area (Å²) in [5.41, 5.74) is 2.35. The van der Waals surface area contributed by atoms with Crippen molar-refractivity contribution in [3.05, 3.63) is 65.7 Å². The number of para-hydroxylation sites is 1. The Morgan fingerprint density at radius 3 is 2.65 bits per heavy atom. The zero-order chi connectivity index (χ0) is 17.8. The molecule has 4 nitrogen and oxygen atoms in total. The van der Waals surface area contributed by atoms with Crippen LogP contribution >= 0.6 is 0 Å². The first-order valence-electron chi connectivity index (χ1n) is 9.56. The molecule has 136 valence electrons. The van der Waals surface area contributed by atoms with Crippen molar-refractivity contribution >= 4 is 5.91 Å². The van der Waals surface area contributed by atoms with Crippen LogP contribution in [-0.4, -0.2) is 42.6 Å². The van der Waals surface area contributed by atoms with Crippen LogP contribution in [0.25, 0.3) is 0 Å². The maximum Gasteiger partial charge on any atom is 0.260 e. The fraction of sp³-hybridized carbons (Fsp3) is 0.409. The average molecular weight is 350 g/mol. The first-order valence-corrected chi connectivity index (χ1v) is 9.56. The van der Waals surface area contributed by atoms with E-state index in [4.69, 9.17) is 4.74 Å². The standard InChI is InChI=1S/C22H26N2O2/c25-22(24-13-12-19-10-11-20(15-24)23-19)16-26-21-9-5-4-8-18(21)14-17-6-2-1-3-7-17/h1-9,19-20,23H,10-16H2. The molecule has 2 atom stereocenters. The van der Waals surface area contributed by atoms with E-state index >= 15 is 0 Å². The maximum absolute atomic E-state index is 12.6. The number of carbonyl (C=O) groups excluding carboxylic acids is 1. The maximum atomic E-state index is 12.6. The Morgan fingerprint density at radius 2 is 1.77 bits per heavy atom. The summed E-state index contributed by atoms with van der Waals surface area (Å²) >= 11 is 0. The predicted octanol–water partition coefficient (Wildman–Crippen LogP) is 3.01. The van der Waals surface area contributed by atoms with Crippen LogP contribution in [0.2, 0.25) is 0 Å². The highest BCUT2D eigenvalue weighted by atomic mass is 16.5. The molecule has 2 aromatic carbocycles. The van der Waals surface area contributed by atoms with E-state index in [2.05, 4.69) is 23.5 Å². The second-order valence-corrected chi connectivity index (χ2v) is 7.33. The molecule has 0 saturated carbocycles. The fourth-order valence-corrected chi connectivity index (χ4v) is 4.01. The molecule has 26 heavy (non-hydrogen) atoms. The smallest absolute Gasteiger partial charge is 0.260 e. The lowest BCUT2D eigenvalue weighted by molar-refractivity contribution is -0.133. The van der Waals surface area contributed by atoms with Crippen LogP contribution in [0, 0.1) is 0 Å². The van der Waals surface area contributed by atoms with Crippen molar-refractivity contribution in [3.63, 3.8) is 0 Å². The number of amides is 1. The summed E-state index contributed by atoms with van der Waals surface area (Å²) in [4.78, 5) is 14.6. The molecule has 2 bridgehead atoms. The van der Waals surface area contributed by atoms with Crippen LogP contribution in [0.4, 0.5) is 0 Å². The molecular weight excluding hydrogens is 324 g/mol. The lowest BCUT2D eigenvalue weighted by Crippen LogP contribution is -2.41. The minimum Gasteiger partial charge on any atom is -0.483 e. The summed E-state index contributed by atoms with van der Waals surface area (Å²) in [6.45, 7) is 1.76. The number of hydrogen-bond donors (Lipinski definition) is 1. The van der Waals surface area contributed by atoms with Crippen molar-refractivity contribution in [2.45, 2.75) is 37.8 Å². The zero-order valence-electron chi connectivity index (χ0n) is 15.1. The molecule has 2 fully saturated rings.